The number of ketones is 1. The number of fused-ring (bicyclic) bond motifs is 1. The number of hydrogen-bond donors (Lipinski definition) is 1. The fraction of sp³-hybridized carbons (Fsp3) is 0.560. The Hall–Kier alpha value is -3.15. The number of carbonyl (C=O) groups excluding carboxylic acids is 1. The van der Waals surface area contributed by atoms with Gasteiger partial charge in [0.25, 0.3) is 5.56 Å². The molecule has 1 N–H and O–H groups in total. The largest absolute Gasteiger partial charge is 0.477 e. The van der Waals surface area contributed by atoms with E-state index in [9.17, 15) is 9.59 Å². The maximum absolute atomic E-state index is 13.1. The number of aromatic amines is 1. The van der Waals surface area contributed by atoms with Gasteiger partial charge in [-0.2, -0.15) is 5.10 Å². The van der Waals surface area contributed by atoms with E-state index in [1.807, 2.05) is 6.92 Å². The summed E-state index contributed by atoms with van der Waals surface area (Å²) in [6, 6.07) is 1.71. The molecule has 1 aliphatic heterocycles. The Morgan fingerprint density at radius 3 is 2.72 bits per heavy atom. The maximum atomic E-state index is 13.1. The number of Topliss-reactive ketones (excluding diaryl/α,β-unsaturated/α-hetero) is 1. The molecule has 0 saturated carbocycles. The second-order valence-electron chi connectivity index (χ2n) is 8.72. The van der Waals surface area contributed by atoms with Crippen molar-refractivity contribution in [3.63, 3.8) is 0 Å². The molecule has 4 rings (SSSR count). The van der Waals surface area contributed by atoms with E-state index >= 15 is 0 Å². The summed E-state index contributed by atoms with van der Waals surface area (Å²) < 4.78 is 18.3. The monoisotopic (exact) mass is 498 g/mol. The minimum atomic E-state index is -0.356. The molecule has 36 heavy (non-hydrogen) atoms. The van der Waals surface area contributed by atoms with Crippen molar-refractivity contribution in [1.82, 2.24) is 29.6 Å². The smallest absolute Gasteiger partial charge is 0.279 e. The number of H-pyrrole nitrogens is 1. The summed E-state index contributed by atoms with van der Waals surface area (Å²) in [5.74, 6) is 0.572. The topological polar surface area (TPSA) is 124 Å². The van der Waals surface area contributed by atoms with Gasteiger partial charge in [-0.25, -0.2) is 9.97 Å². The molecule has 3 aromatic heterocycles. The lowest BCUT2D eigenvalue weighted by Crippen LogP contribution is -2.39. The van der Waals surface area contributed by atoms with Crippen LogP contribution in [0, 0.1) is 0 Å². The van der Waals surface area contributed by atoms with Gasteiger partial charge in [-0.3, -0.25) is 19.2 Å². The van der Waals surface area contributed by atoms with E-state index in [-0.39, 0.29) is 23.4 Å². The Labute approximate surface area is 209 Å². The number of ether oxygens (including phenoxy) is 3. The Morgan fingerprint density at radius 2 is 2.00 bits per heavy atom. The molecule has 4 heterocycles. The molecule has 0 atom stereocenters. The van der Waals surface area contributed by atoms with Gasteiger partial charge in [0.05, 0.1) is 50.8 Å². The number of hydrogen-bond acceptors (Lipinski definition) is 9. The number of carbonyl (C=O) groups is 1. The van der Waals surface area contributed by atoms with E-state index in [2.05, 4.69) is 26.9 Å². The lowest BCUT2D eigenvalue weighted by molar-refractivity contribution is 0.0371. The van der Waals surface area contributed by atoms with Gasteiger partial charge in [-0.05, 0) is 18.9 Å². The van der Waals surface area contributed by atoms with Crippen LogP contribution in [0.5, 0.6) is 5.88 Å². The van der Waals surface area contributed by atoms with Crippen LogP contribution in [-0.4, -0.2) is 88.6 Å². The molecule has 1 saturated heterocycles. The first-order valence-electron chi connectivity index (χ1n) is 12.5. The third-order valence-corrected chi connectivity index (χ3v) is 6.18. The highest BCUT2D eigenvalue weighted by atomic mass is 16.5. The Bertz CT molecular complexity index is 1250. The number of methoxy groups -OCH3 is 1. The van der Waals surface area contributed by atoms with E-state index < -0.39 is 0 Å². The zero-order valence-corrected chi connectivity index (χ0v) is 21.2. The van der Waals surface area contributed by atoms with Crippen molar-refractivity contribution in [3.8, 4) is 17.3 Å². The number of aromatic nitrogens is 5. The molecular formula is C25H34N6O5. The van der Waals surface area contributed by atoms with Crippen molar-refractivity contribution < 1.29 is 19.0 Å². The summed E-state index contributed by atoms with van der Waals surface area (Å²) in [5.41, 5.74) is 2.20. The second-order valence-corrected chi connectivity index (χ2v) is 8.72. The fourth-order valence-corrected chi connectivity index (χ4v) is 4.16. The van der Waals surface area contributed by atoms with E-state index in [4.69, 9.17) is 19.2 Å². The van der Waals surface area contributed by atoms with Crippen molar-refractivity contribution >= 4 is 16.8 Å². The minimum absolute atomic E-state index is 0.0594. The second kappa shape index (κ2) is 12.2. The van der Waals surface area contributed by atoms with E-state index in [0.29, 0.717) is 80.8 Å². The predicted molar refractivity (Wildman–Crippen MR) is 135 cm³/mol. The van der Waals surface area contributed by atoms with Crippen molar-refractivity contribution in [1.29, 1.82) is 0 Å². The standard InChI is InChI=1S/C25H34N6O5/c1-4-6-10-36-25-18(14-17(15-26-25)20(32)16-30-7-12-35-13-8-30)23-27-21-19(5-2)31(9-11-34-3)29-22(21)24(33)28-23/h14-15H,4-13,16H2,1-3H3,(H,27,28,33). The molecule has 0 spiro atoms. The van der Waals surface area contributed by atoms with Gasteiger partial charge < -0.3 is 19.2 Å². The molecule has 0 bridgehead atoms. The summed E-state index contributed by atoms with van der Waals surface area (Å²) in [6.07, 6.45) is 4.00. The highest BCUT2D eigenvalue weighted by Crippen LogP contribution is 2.28. The molecule has 11 nitrogen and oxygen atoms in total. The van der Waals surface area contributed by atoms with Gasteiger partial charge in [0.1, 0.15) is 11.3 Å². The molecule has 0 amide bonds. The van der Waals surface area contributed by atoms with Crippen LogP contribution < -0.4 is 10.3 Å². The molecule has 11 heteroatoms. The SMILES string of the molecule is CCCCOc1ncc(C(=O)CN2CCOCC2)cc1-c1nc2c(CC)n(CCOC)nc2c(=O)[nH]1. The van der Waals surface area contributed by atoms with Crippen molar-refractivity contribution in [2.24, 2.45) is 0 Å². The first-order chi connectivity index (χ1) is 17.5. The lowest BCUT2D eigenvalue weighted by atomic mass is 10.1. The van der Waals surface area contributed by atoms with Crippen molar-refractivity contribution in [3.05, 3.63) is 33.9 Å². The summed E-state index contributed by atoms with van der Waals surface area (Å²) in [5, 5.41) is 4.46. The number of nitrogens with one attached hydrogen (secondary N) is 1. The lowest BCUT2D eigenvalue weighted by Gasteiger charge is -2.25. The number of aryl methyl sites for hydroxylation is 1. The highest BCUT2D eigenvalue weighted by molar-refractivity contribution is 5.98. The zero-order valence-electron chi connectivity index (χ0n) is 21.2. The number of unbranched alkanes of at least 4 members (excludes halogenated alkanes) is 1. The Morgan fingerprint density at radius 1 is 1.19 bits per heavy atom. The Kier molecular flexibility index (Phi) is 8.79. The molecule has 0 unspecified atom stereocenters. The highest BCUT2D eigenvalue weighted by Gasteiger charge is 2.21. The molecule has 1 aliphatic rings. The molecular weight excluding hydrogens is 464 g/mol. The quantitative estimate of drug-likeness (QED) is 0.295. The third kappa shape index (κ3) is 5.80. The van der Waals surface area contributed by atoms with Gasteiger partial charge in [-0.15, -0.1) is 0 Å². The number of rotatable bonds is 12. The summed E-state index contributed by atoms with van der Waals surface area (Å²) >= 11 is 0. The average Bonchev–Trinajstić information content (AvgIpc) is 3.26. The van der Waals surface area contributed by atoms with Crippen LogP contribution >= 0.6 is 0 Å². The fourth-order valence-electron chi connectivity index (χ4n) is 4.16. The van der Waals surface area contributed by atoms with Crippen LogP contribution in [0.4, 0.5) is 0 Å². The molecule has 194 valence electrons. The van der Waals surface area contributed by atoms with Crippen molar-refractivity contribution in [2.75, 3.05) is 53.2 Å². The van der Waals surface area contributed by atoms with Crippen LogP contribution in [0.3, 0.4) is 0 Å². The minimum Gasteiger partial charge on any atom is -0.477 e. The van der Waals surface area contributed by atoms with Crippen LogP contribution in [0.2, 0.25) is 0 Å². The number of nitrogens with zero attached hydrogens (tertiary/aromatic N) is 5. The number of morpholine rings is 1. The van der Waals surface area contributed by atoms with Crippen LogP contribution in [0.15, 0.2) is 17.1 Å². The predicted octanol–water partition coefficient (Wildman–Crippen LogP) is 2.08. The normalized spacial score (nSPS) is 14.4. The van der Waals surface area contributed by atoms with Crippen LogP contribution in [0.25, 0.3) is 22.4 Å². The van der Waals surface area contributed by atoms with Crippen LogP contribution in [0.1, 0.15) is 42.7 Å². The number of pyridine rings is 1. The van der Waals surface area contributed by atoms with Gasteiger partial charge in [-0.1, -0.05) is 20.3 Å². The van der Waals surface area contributed by atoms with Gasteiger partial charge in [0.2, 0.25) is 5.88 Å². The van der Waals surface area contributed by atoms with E-state index in [1.165, 1.54) is 6.20 Å². The third-order valence-electron chi connectivity index (χ3n) is 6.18. The molecule has 0 radical (unpaired) electrons. The van der Waals surface area contributed by atoms with Crippen molar-refractivity contribution in [2.45, 2.75) is 39.7 Å². The summed E-state index contributed by atoms with van der Waals surface area (Å²) in [4.78, 5) is 40.2. The molecule has 3 aromatic rings. The zero-order chi connectivity index (χ0) is 25.5. The van der Waals surface area contributed by atoms with E-state index in [1.54, 1.807) is 17.9 Å². The average molecular weight is 499 g/mol. The van der Waals surface area contributed by atoms with Gasteiger partial charge in [0.15, 0.2) is 11.3 Å². The summed E-state index contributed by atoms with van der Waals surface area (Å²) in [7, 11) is 1.62. The molecule has 1 fully saturated rings. The molecule has 0 aliphatic carbocycles. The summed E-state index contributed by atoms with van der Waals surface area (Å²) in [6.45, 7) is 8.45. The first kappa shape index (κ1) is 25.9. The van der Waals surface area contributed by atoms with Crippen LogP contribution in [-0.2, 0) is 22.4 Å². The van der Waals surface area contributed by atoms with E-state index in [0.717, 1.165) is 18.5 Å². The first-order valence-corrected chi connectivity index (χ1v) is 12.5. The Balaban J connectivity index is 1.74. The molecule has 0 aromatic carbocycles. The van der Waals surface area contributed by atoms with Gasteiger partial charge in [0, 0.05) is 32.0 Å². The van der Waals surface area contributed by atoms with Gasteiger partial charge >= 0.3 is 0 Å². The maximum Gasteiger partial charge on any atom is 0.279 e.